The summed E-state index contributed by atoms with van der Waals surface area (Å²) in [7, 11) is 0. The van der Waals surface area contributed by atoms with E-state index in [2.05, 4.69) is 11.5 Å². The van der Waals surface area contributed by atoms with E-state index in [9.17, 15) is 4.79 Å². The van der Waals surface area contributed by atoms with E-state index < -0.39 is 0 Å². The highest BCUT2D eigenvalue weighted by molar-refractivity contribution is 5.65. The second-order valence-electron chi connectivity index (χ2n) is 2.64. The van der Waals surface area contributed by atoms with Crippen LogP contribution in [-0.2, 0) is 9.53 Å². The molecule has 1 fully saturated rings. The van der Waals surface area contributed by atoms with Crippen molar-refractivity contribution in [2.75, 3.05) is 19.7 Å². The molecule has 0 radical (unpaired) electrons. The molecule has 62 valence electrons. The average molecular weight is 155 g/mol. The highest BCUT2D eigenvalue weighted by atomic mass is 16.5. The molecule has 0 spiro atoms. The zero-order valence-corrected chi connectivity index (χ0v) is 6.75. The zero-order chi connectivity index (χ0) is 8.27. The molecule has 1 heterocycles. The van der Waals surface area contributed by atoms with Gasteiger partial charge in [0.25, 0.3) is 0 Å². The van der Waals surface area contributed by atoms with E-state index in [1.54, 1.807) is 0 Å². The molecule has 1 saturated heterocycles. The van der Waals surface area contributed by atoms with Gasteiger partial charge in [-0.2, -0.15) is 0 Å². The van der Waals surface area contributed by atoms with E-state index in [1.165, 1.54) is 6.92 Å². The maximum absolute atomic E-state index is 10.4. The maximum Gasteiger partial charge on any atom is 0.302 e. The van der Waals surface area contributed by atoms with Gasteiger partial charge < -0.3 is 4.74 Å². The highest BCUT2D eigenvalue weighted by Crippen LogP contribution is 2.11. The third kappa shape index (κ3) is 2.72. The van der Waals surface area contributed by atoms with Gasteiger partial charge in [-0.05, 0) is 0 Å². The molecule has 0 bridgehead atoms. The van der Waals surface area contributed by atoms with Crippen LogP contribution in [-0.4, -0.2) is 36.6 Å². The normalized spacial score (nSPS) is 19.0. The summed E-state index contributed by atoms with van der Waals surface area (Å²) >= 11 is 0. The lowest BCUT2D eigenvalue weighted by atomic mass is 10.3. The summed E-state index contributed by atoms with van der Waals surface area (Å²) < 4.78 is 4.84. The molecule has 0 aromatic carbocycles. The van der Waals surface area contributed by atoms with Crippen molar-refractivity contribution in [2.45, 2.75) is 13.0 Å². The van der Waals surface area contributed by atoms with Crippen LogP contribution in [0, 0.1) is 0 Å². The van der Waals surface area contributed by atoms with Crippen molar-refractivity contribution in [1.29, 1.82) is 0 Å². The molecule has 0 aromatic rings. The van der Waals surface area contributed by atoms with E-state index in [-0.39, 0.29) is 12.0 Å². The molecular weight excluding hydrogens is 142 g/mol. The van der Waals surface area contributed by atoms with Gasteiger partial charge in [-0.25, -0.2) is 0 Å². The van der Waals surface area contributed by atoms with Gasteiger partial charge in [-0.15, -0.1) is 6.58 Å². The molecular formula is C8H13NO2. The highest BCUT2D eigenvalue weighted by Gasteiger charge is 2.25. The van der Waals surface area contributed by atoms with E-state index in [0.29, 0.717) is 6.61 Å². The number of carbonyl (C=O) groups is 1. The minimum absolute atomic E-state index is 0.221. The van der Waals surface area contributed by atoms with Crippen LogP contribution in [0.2, 0.25) is 0 Å². The van der Waals surface area contributed by atoms with Crippen LogP contribution in [0.1, 0.15) is 6.92 Å². The Balaban J connectivity index is 2.20. The fraction of sp³-hybridized carbons (Fsp3) is 0.625. The Kier molecular flexibility index (Phi) is 2.65. The van der Waals surface area contributed by atoms with E-state index in [0.717, 1.165) is 13.1 Å². The van der Waals surface area contributed by atoms with Crippen LogP contribution in [0.4, 0.5) is 0 Å². The van der Waals surface area contributed by atoms with Crippen molar-refractivity contribution >= 4 is 5.97 Å². The number of rotatable bonds is 4. The molecule has 3 nitrogen and oxygen atoms in total. The van der Waals surface area contributed by atoms with Gasteiger partial charge in [0, 0.05) is 20.0 Å². The van der Waals surface area contributed by atoms with Crippen molar-refractivity contribution in [1.82, 2.24) is 4.90 Å². The molecule has 1 rings (SSSR count). The predicted octanol–water partition coefficient (Wildman–Crippen LogP) is 0.420. The molecule has 3 heteroatoms. The van der Waals surface area contributed by atoms with Gasteiger partial charge in [0.15, 0.2) is 0 Å². The van der Waals surface area contributed by atoms with Gasteiger partial charge in [0.1, 0.15) is 6.61 Å². The number of hydrogen-bond acceptors (Lipinski definition) is 3. The summed E-state index contributed by atoms with van der Waals surface area (Å²) in [6, 6.07) is 0.221. The third-order valence-electron chi connectivity index (χ3n) is 1.68. The zero-order valence-electron chi connectivity index (χ0n) is 6.75. The van der Waals surface area contributed by atoms with Crippen molar-refractivity contribution < 1.29 is 9.53 Å². The van der Waals surface area contributed by atoms with Crippen molar-refractivity contribution in [3.63, 3.8) is 0 Å². The lowest BCUT2D eigenvalue weighted by Gasteiger charge is -2.12. The Morgan fingerprint density at radius 2 is 2.45 bits per heavy atom. The monoisotopic (exact) mass is 155 g/mol. The van der Waals surface area contributed by atoms with Gasteiger partial charge in [-0.1, -0.05) is 6.08 Å². The third-order valence-corrected chi connectivity index (χ3v) is 1.68. The van der Waals surface area contributed by atoms with E-state index in [1.807, 2.05) is 6.08 Å². The lowest BCUT2D eigenvalue weighted by Crippen LogP contribution is -2.23. The minimum Gasteiger partial charge on any atom is -0.464 e. The number of nitrogens with zero attached hydrogens (tertiary/aromatic N) is 1. The number of ether oxygens (including phenoxy) is 1. The number of carbonyl (C=O) groups excluding carboxylic acids is 1. The first-order valence-corrected chi connectivity index (χ1v) is 3.74. The fourth-order valence-electron chi connectivity index (χ4n) is 0.915. The van der Waals surface area contributed by atoms with Crippen LogP contribution in [0.5, 0.6) is 0 Å². The minimum atomic E-state index is -0.223. The van der Waals surface area contributed by atoms with Crippen LogP contribution >= 0.6 is 0 Å². The average Bonchev–Trinajstić information content (AvgIpc) is 2.72. The van der Waals surface area contributed by atoms with Crippen LogP contribution in [0.15, 0.2) is 12.7 Å². The summed E-state index contributed by atoms with van der Waals surface area (Å²) in [5, 5.41) is 0. The first-order valence-electron chi connectivity index (χ1n) is 3.74. The SMILES string of the molecule is C=C[C@H](COC(C)=O)N1CC1. The first-order chi connectivity index (χ1) is 5.24. The Hall–Kier alpha value is -0.830. The molecule has 0 aromatic heterocycles. The van der Waals surface area contributed by atoms with Gasteiger partial charge in [-0.3, -0.25) is 9.69 Å². The lowest BCUT2D eigenvalue weighted by molar-refractivity contribution is -0.141. The molecule has 0 unspecified atom stereocenters. The van der Waals surface area contributed by atoms with E-state index in [4.69, 9.17) is 4.74 Å². The van der Waals surface area contributed by atoms with Crippen LogP contribution in [0.25, 0.3) is 0 Å². The summed E-state index contributed by atoms with van der Waals surface area (Å²) in [6.45, 7) is 7.72. The van der Waals surface area contributed by atoms with Crippen molar-refractivity contribution in [3.05, 3.63) is 12.7 Å². The van der Waals surface area contributed by atoms with E-state index >= 15 is 0 Å². The smallest absolute Gasteiger partial charge is 0.302 e. The summed E-state index contributed by atoms with van der Waals surface area (Å²) in [4.78, 5) is 12.6. The van der Waals surface area contributed by atoms with Crippen molar-refractivity contribution in [3.8, 4) is 0 Å². The molecule has 1 aliphatic rings. The Bertz CT molecular complexity index is 163. The quantitative estimate of drug-likeness (QED) is 0.335. The van der Waals surface area contributed by atoms with Crippen molar-refractivity contribution in [2.24, 2.45) is 0 Å². The summed E-state index contributed by atoms with van der Waals surface area (Å²) in [5.41, 5.74) is 0. The van der Waals surface area contributed by atoms with Gasteiger partial charge >= 0.3 is 5.97 Å². The summed E-state index contributed by atoms with van der Waals surface area (Å²) in [6.07, 6.45) is 1.82. The molecule has 1 aliphatic heterocycles. The predicted molar refractivity (Wildman–Crippen MR) is 42.2 cm³/mol. The topological polar surface area (TPSA) is 29.3 Å². The molecule has 1 atom stereocenters. The fourth-order valence-corrected chi connectivity index (χ4v) is 0.915. The van der Waals surface area contributed by atoms with Crippen LogP contribution in [0.3, 0.4) is 0 Å². The second kappa shape index (κ2) is 3.53. The number of hydrogen-bond donors (Lipinski definition) is 0. The van der Waals surface area contributed by atoms with Gasteiger partial charge in [0.05, 0.1) is 6.04 Å². The second-order valence-corrected chi connectivity index (χ2v) is 2.64. The Morgan fingerprint density at radius 3 is 2.82 bits per heavy atom. The molecule has 0 saturated carbocycles. The first kappa shape index (κ1) is 8.27. The summed E-state index contributed by atoms with van der Waals surface area (Å²) in [5.74, 6) is -0.223. The van der Waals surface area contributed by atoms with Crippen LogP contribution < -0.4 is 0 Å². The van der Waals surface area contributed by atoms with Gasteiger partial charge in [0.2, 0.25) is 0 Å². The molecule has 0 amide bonds. The molecule has 11 heavy (non-hydrogen) atoms. The Labute approximate surface area is 66.6 Å². The molecule has 0 aliphatic carbocycles. The Morgan fingerprint density at radius 1 is 1.82 bits per heavy atom. The largest absolute Gasteiger partial charge is 0.464 e. The molecule has 0 N–H and O–H groups in total. The number of esters is 1. The standard InChI is InChI=1S/C8H13NO2/c1-3-8(9-4-5-9)6-11-7(2)10/h3,8H,1,4-6H2,2H3/t8-/m1/s1. The maximum atomic E-state index is 10.4.